The van der Waals surface area contributed by atoms with Crippen LogP contribution in [0.4, 0.5) is 0 Å². The number of hydrogen-bond donors (Lipinski definition) is 6. The molecule has 0 aromatic carbocycles. The number of aliphatic hydroxyl groups is 6. The highest BCUT2D eigenvalue weighted by Crippen LogP contribution is 2.41. The van der Waals surface area contributed by atoms with Crippen molar-refractivity contribution in [2.24, 2.45) is 0 Å². The van der Waals surface area contributed by atoms with Gasteiger partial charge in [0.25, 0.3) is 0 Å². The summed E-state index contributed by atoms with van der Waals surface area (Å²) in [4.78, 5) is 94.7. The van der Waals surface area contributed by atoms with E-state index in [4.69, 9.17) is 94.7 Å². The van der Waals surface area contributed by atoms with Crippen LogP contribution in [0.2, 0.25) is 0 Å². The minimum atomic E-state index is -1.28. The molecule has 0 radical (unpaired) electrons. The summed E-state index contributed by atoms with van der Waals surface area (Å²) in [6, 6.07) is 0. The van der Waals surface area contributed by atoms with Crippen molar-refractivity contribution in [3.8, 4) is 0 Å². The SMILES string of the molecule is CCCCC(=O)CCC1(C)OCC(C(O)C(O)C2COC(C)(CCC(=O)CCCC)O2)O1.CCCCC(=O)CCC1(C)OCC(C(O)C2COC(C)(CCC(=O)CCCC)O2)O1.CCCOC(=O)CCC1(C)OCC(C(O)C(O)C2COC(C)(CCC(=O)OCCC)O2)O1.CCCOC(=O)CCC1(C)OCC(C(O)C2COC(C)(CCC(=O)OCCC)O2)O1. The van der Waals surface area contributed by atoms with E-state index in [0.29, 0.717) is 116 Å². The maximum absolute atomic E-state index is 12.0. The van der Waals surface area contributed by atoms with Gasteiger partial charge in [-0.15, -0.1) is 0 Å². The zero-order valence-corrected chi connectivity index (χ0v) is 77.3. The van der Waals surface area contributed by atoms with Crippen molar-refractivity contribution in [3.05, 3.63) is 0 Å². The van der Waals surface area contributed by atoms with Gasteiger partial charge in [0, 0.05) is 103 Å². The minimum absolute atomic E-state index is 0.0623. The van der Waals surface area contributed by atoms with E-state index in [1.165, 1.54) is 0 Å². The fourth-order valence-electron chi connectivity index (χ4n) is 14.9. The van der Waals surface area contributed by atoms with Crippen LogP contribution in [0.5, 0.6) is 0 Å². The fourth-order valence-corrected chi connectivity index (χ4v) is 14.9. The lowest BCUT2D eigenvalue weighted by atomic mass is 10.0. The van der Waals surface area contributed by atoms with E-state index in [0.717, 1.165) is 77.0 Å². The van der Waals surface area contributed by atoms with E-state index in [1.807, 2.05) is 55.4 Å². The number of hydrogen-bond acceptors (Lipinski definition) is 34. The summed E-state index contributed by atoms with van der Waals surface area (Å²) in [5, 5.41) is 64.1. The Morgan fingerprint density at radius 3 is 0.556 bits per heavy atom. The average Bonchev–Trinajstić information content (AvgIpc) is 1.67. The van der Waals surface area contributed by atoms with E-state index in [-0.39, 0.29) is 138 Å². The zero-order valence-electron chi connectivity index (χ0n) is 77.3. The number of carbonyl (C=O) groups excluding carboxylic acids is 8. The number of rotatable bonds is 54. The Morgan fingerprint density at radius 2 is 0.395 bits per heavy atom. The summed E-state index contributed by atoms with van der Waals surface area (Å²) >= 11 is 0. The van der Waals surface area contributed by atoms with Gasteiger partial charge in [-0.1, -0.05) is 81.1 Å². The first kappa shape index (κ1) is 110. The van der Waals surface area contributed by atoms with Crippen LogP contribution >= 0.6 is 0 Å². The molecule has 0 bridgehead atoms. The second-order valence-electron chi connectivity index (χ2n) is 35.2. The fraction of sp³-hybridized carbons (Fsp3) is 0.911. The van der Waals surface area contributed by atoms with Gasteiger partial charge in [0.05, 0.1) is 105 Å². The number of unbranched alkanes of at least 4 members (excludes halogenated alkanes) is 4. The summed E-state index contributed by atoms with van der Waals surface area (Å²) in [6.07, 6.45) is 5.70. The molecule has 8 aliphatic heterocycles. The molecule has 8 heterocycles. The highest BCUT2D eigenvalue weighted by atomic mass is 16.8. The number of aliphatic hydroxyl groups excluding tert-OH is 6. The second-order valence-corrected chi connectivity index (χ2v) is 35.2. The molecule has 0 aromatic rings. The van der Waals surface area contributed by atoms with Crippen LogP contribution in [0.3, 0.4) is 0 Å². The van der Waals surface area contributed by atoms with Gasteiger partial charge in [-0.2, -0.15) is 0 Å². The number of ether oxygens (including phenoxy) is 20. The van der Waals surface area contributed by atoms with Crippen LogP contribution in [0.25, 0.3) is 0 Å². The van der Waals surface area contributed by atoms with Crippen LogP contribution in [-0.2, 0) is 133 Å². The number of Topliss-reactive ketones (excluding diaryl/α,β-unsaturated/α-hetero) is 4. The van der Waals surface area contributed by atoms with Crippen molar-refractivity contribution in [3.63, 3.8) is 0 Å². The van der Waals surface area contributed by atoms with Crippen LogP contribution in [0.15, 0.2) is 0 Å². The Bertz CT molecular complexity index is 2760. The topological polar surface area (TPSA) is 443 Å². The van der Waals surface area contributed by atoms with Crippen LogP contribution in [-0.4, -0.2) is 289 Å². The van der Waals surface area contributed by atoms with E-state index in [9.17, 15) is 69.0 Å². The zero-order chi connectivity index (χ0) is 92.0. The molecule has 0 saturated carbocycles. The molecule has 0 aliphatic carbocycles. The lowest BCUT2D eigenvalue weighted by molar-refractivity contribution is -0.199. The third kappa shape index (κ3) is 38.6. The van der Waals surface area contributed by atoms with Gasteiger partial charge >= 0.3 is 23.9 Å². The molecule has 8 rings (SSSR count). The Labute approximate surface area is 735 Å². The largest absolute Gasteiger partial charge is 0.466 e. The Balaban J connectivity index is 0.000000294. The molecule has 6 N–H and O–H groups in total. The van der Waals surface area contributed by atoms with E-state index >= 15 is 0 Å². The van der Waals surface area contributed by atoms with Crippen molar-refractivity contribution >= 4 is 47.0 Å². The average molecular weight is 1780 g/mol. The molecule has 34 heteroatoms. The van der Waals surface area contributed by atoms with E-state index in [1.54, 1.807) is 41.5 Å². The van der Waals surface area contributed by atoms with E-state index < -0.39 is 132 Å². The molecule has 8 saturated heterocycles. The number of carbonyl (C=O) groups is 8. The summed E-state index contributed by atoms with van der Waals surface area (Å²) in [5.74, 6) is -8.22. The second kappa shape index (κ2) is 54.5. The predicted octanol–water partition coefficient (Wildman–Crippen LogP) is 10.3. The molecule has 0 amide bonds. The third-order valence-corrected chi connectivity index (χ3v) is 23.0. The molecule has 34 nitrogen and oxygen atoms in total. The quantitative estimate of drug-likeness (QED) is 0.0243. The Kier molecular flexibility index (Phi) is 48.4. The molecule has 8 aliphatic rings. The van der Waals surface area contributed by atoms with Gasteiger partial charge in [0.1, 0.15) is 109 Å². The summed E-state index contributed by atoms with van der Waals surface area (Å²) in [6.45, 7) is 32.6. The van der Waals surface area contributed by atoms with Crippen molar-refractivity contribution in [2.75, 3.05) is 79.3 Å². The molecule has 0 aromatic heterocycles. The number of ketones is 4. The number of esters is 4. The predicted molar refractivity (Wildman–Crippen MR) is 447 cm³/mol. The maximum atomic E-state index is 12.0. The van der Waals surface area contributed by atoms with Crippen molar-refractivity contribution < 1.29 is 164 Å². The first-order valence-electron chi connectivity index (χ1n) is 45.9. The Hall–Kier alpha value is -4.32. The van der Waals surface area contributed by atoms with Gasteiger partial charge in [0.15, 0.2) is 46.3 Å². The Morgan fingerprint density at radius 1 is 0.242 bits per heavy atom. The summed E-state index contributed by atoms with van der Waals surface area (Å²) in [5.41, 5.74) is 0. The molecule has 8 fully saturated rings. The summed E-state index contributed by atoms with van der Waals surface area (Å²) in [7, 11) is 0. The highest BCUT2D eigenvalue weighted by molar-refractivity contribution is 5.79. The normalized spacial score (nSPS) is 32.2. The summed E-state index contributed by atoms with van der Waals surface area (Å²) < 4.78 is 113. The van der Waals surface area contributed by atoms with Crippen molar-refractivity contribution in [2.45, 2.75) is 448 Å². The molecule has 0 spiro atoms. The monoisotopic (exact) mass is 1780 g/mol. The van der Waals surface area contributed by atoms with Gasteiger partial charge in [-0.25, -0.2) is 0 Å². The molecule has 20 unspecified atom stereocenters. The van der Waals surface area contributed by atoms with E-state index in [2.05, 4.69) is 13.8 Å². The minimum Gasteiger partial charge on any atom is -0.466 e. The van der Waals surface area contributed by atoms with Gasteiger partial charge in [-0.05, 0) is 107 Å². The molecule has 720 valence electrons. The molecule has 124 heavy (non-hydrogen) atoms. The molecule has 20 atom stereocenters. The van der Waals surface area contributed by atoms with Crippen molar-refractivity contribution in [1.82, 2.24) is 0 Å². The van der Waals surface area contributed by atoms with Gasteiger partial charge in [0.2, 0.25) is 0 Å². The van der Waals surface area contributed by atoms with Crippen LogP contribution < -0.4 is 0 Å². The first-order valence-corrected chi connectivity index (χ1v) is 45.9. The molecular formula is C90H156O34. The standard InChI is InChI=1S/C24H42O8.C23H40O7.C22H38O10.C21H36O9/c1-5-7-9-17(25)11-13-23(3)29-15-19(31-23)21(27)22(28)20-16-30-24(4,32-20)14-12-18(26)10-8-6-2;1-5-7-9-17(24)11-13-22(3)27-15-19(29-22)21(26)20-16-28-23(4,30-20)14-12-18(25)10-8-6-2;1-5-11-27-17(23)7-9-21(3)29-13-15(31-21)19(25)20(26)16-14-30-22(4,32-16)10-8-18(24)28-12-6-2;1-5-11-25-17(22)7-9-20(3)27-13-15(29-20)19(24)16-14-28-21(4,30-16)10-8-18(23)26-12-6-2/h19-22,27-28H,5-16H2,1-4H3;19-21,26H,5-16H2,1-4H3;15-16,19-20,25-26H,5-14H2,1-4H3;15-16,19,24H,5-14H2,1-4H3. The lowest BCUT2D eigenvalue weighted by Gasteiger charge is -2.29. The van der Waals surface area contributed by atoms with Crippen molar-refractivity contribution in [1.29, 1.82) is 0 Å². The van der Waals surface area contributed by atoms with Crippen LogP contribution in [0, 0.1) is 0 Å². The van der Waals surface area contributed by atoms with Gasteiger partial charge in [-0.3, -0.25) is 38.4 Å². The van der Waals surface area contributed by atoms with Gasteiger partial charge < -0.3 is 125 Å². The lowest BCUT2D eigenvalue weighted by Crippen LogP contribution is -2.47. The first-order chi connectivity index (χ1) is 58.6. The maximum Gasteiger partial charge on any atom is 0.305 e. The third-order valence-electron chi connectivity index (χ3n) is 23.0. The highest BCUT2D eigenvalue weighted by Gasteiger charge is 2.53. The smallest absolute Gasteiger partial charge is 0.305 e. The van der Waals surface area contributed by atoms with Crippen LogP contribution in [0.1, 0.15) is 316 Å². The molecular weight excluding hydrogens is 1620 g/mol.